The van der Waals surface area contributed by atoms with E-state index in [-0.39, 0.29) is 22.5 Å². The number of phosphoric acid groups is 3. The number of hydrogen-bond donors (Lipinski definition) is 9. The molecule has 5 heterocycles. The second-order valence-electron chi connectivity index (χ2n) is 10.3. The fourth-order valence-corrected chi connectivity index (χ4v) is 7.47. The van der Waals surface area contributed by atoms with Gasteiger partial charge in [-0.3, -0.25) is 22.9 Å². The van der Waals surface area contributed by atoms with Gasteiger partial charge in [-0.05, 0) is 6.07 Å². The van der Waals surface area contributed by atoms with Crippen LogP contribution in [0.1, 0.15) is 22.8 Å². The second-order valence-corrected chi connectivity index (χ2v) is 14.5. The van der Waals surface area contributed by atoms with Gasteiger partial charge in [0.25, 0.3) is 12.1 Å². The van der Waals surface area contributed by atoms with Gasteiger partial charge >= 0.3 is 23.5 Å². The molecule has 2 unspecified atom stereocenters. The minimum Gasteiger partial charge on any atom is -0.387 e. The van der Waals surface area contributed by atoms with Crippen molar-refractivity contribution in [1.29, 1.82) is 0 Å². The quantitative estimate of drug-likeness (QED) is 0.0626. The van der Waals surface area contributed by atoms with E-state index in [0.29, 0.717) is 0 Å². The fourth-order valence-electron chi connectivity index (χ4n) is 4.83. The molecule has 0 spiro atoms. The van der Waals surface area contributed by atoms with E-state index in [4.69, 9.17) is 30.0 Å². The molecule has 2 aliphatic rings. The molecular formula is C21H29N7O17P3+. The van der Waals surface area contributed by atoms with Gasteiger partial charge < -0.3 is 55.8 Å². The zero-order valence-corrected chi connectivity index (χ0v) is 26.6. The van der Waals surface area contributed by atoms with Crippen LogP contribution in [0.4, 0.5) is 5.82 Å². The van der Waals surface area contributed by atoms with Crippen LogP contribution < -0.4 is 16.0 Å². The molecule has 11 N–H and O–H groups in total. The Hall–Kier alpha value is -2.86. The SMILES string of the molecule is NC(=O)c1ccc[n+]([C@@H]2O[C@@H](COP(=O)(O)OP(=O)(O)OC[C@@H]3O[C@@H](n4cnc5c(N)ncnc54)[C@H](OP(=O)(O)O)[C@H]3O)[C@H](O)[C@H]2O)c1. The monoisotopic (exact) mass is 744 g/mol. The summed E-state index contributed by atoms with van der Waals surface area (Å²) in [5.41, 5.74) is 11.1. The molecule has 10 atom stereocenters. The van der Waals surface area contributed by atoms with Gasteiger partial charge in [0.05, 0.1) is 19.5 Å². The maximum absolute atomic E-state index is 12.6. The molecule has 2 aliphatic heterocycles. The number of carbonyl (C=O) groups is 1. The molecule has 3 aromatic heterocycles. The molecule has 48 heavy (non-hydrogen) atoms. The van der Waals surface area contributed by atoms with Crippen molar-refractivity contribution in [3.8, 4) is 0 Å². The first kappa shape index (κ1) is 36.4. The predicted molar refractivity (Wildman–Crippen MR) is 150 cm³/mol. The Morgan fingerprint density at radius 1 is 0.958 bits per heavy atom. The highest BCUT2D eigenvalue weighted by molar-refractivity contribution is 7.61. The number of amides is 1. The van der Waals surface area contributed by atoms with Gasteiger partial charge in [0, 0.05) is 6.07 Å². The fraction of sp³-hybridized carbons (Fsp3) is 0.476. The van der Waals surface area contributed by atoms with E-state index < -0.39 is 91.7 Å². The zero-order chi connectivity index (χ0) is 35.2. The average molecular weight is 744 g/mol. The Morgan fingerprint density at radius 3 is 2.23 bits per heavy atom. The standard InChI is InChI=1S/C21H28N7O17P3/c22-17-12-19(25-7-24-17)28(8-26-12)21-16(44-46(33,34)35)14(30)11(43-21)6-41-48(38,39)45-47(36,37)40-5-10-13(29)15(31)20(42-10)27-3-1-2-9(4-27)18(23)32/h1-4,7-8,10-11,13-16,20-21,29-31H,5-6H2,(H7-,22,23,24,25,32,33,34,35,36,37,38,39)/p+1/t10-,11-,13-,14-,15+,16+,20+,21+/m0/s1. The van der Waals surface area contributed by atoms with Crippen molar-refractivity contribution in [2.45, 2.75) is 49.1 Å². The van der Waals surface area contributed by atoms with Crippen molar-refractivity contribution in [1.82, 2.24) is 19.5 Å². The number of primary amides is 1. The number of imidazole rings is 1. The lowest BCUT2D eigenvalue weighted by Crippen LogP contribution is -2.46. The Balaban J connectivity index is 1.21. The number of pyridine rings is 1. The van der Waals surface area contributed by atoms with E-state index in [9.17, 15) is 53.4 Å². The van der Waals surface area contributed by atoms with Crippen LogP contribution >= 0.6 is 23.5 Å². The number of phosphoric ester groups is 3. The molecule has 3 aromatic rings. The molecule has 27 heteroatoms. The molecule has 264 valence electrons. The van der Waals surface area contributed by atoms with E-state index in [2.05, 4.69) is 23.8 Å². The highest BCUT2D eigenvalue weighted by Crippen LogP contribution is 2.61. The van der Waals surface area contributed by atoms with Gasteiger partial charge in [0.2, 0.25) is 0 Å². The summed E-state index contributed by atoms with van der Waals surface area (Å²) in [6, 6.07) is 2.79. The summed E-state index contributed by atoms with van der Waals surface area (Å²) in [6.45, 7) is -2.03. The molecule has 2 saturated heterocycles. The highest BCUT2D eigenvalue weighted by atomic mass is 31.3. The van der Waals surface area contributed by atoms with Gasteiger partial charge in [-0.15, -0.1) is 0 Å². The number of carbonyl (C=O) groups excluding carboxylic acids is 1. The first-order valence-corrected chi connectivity index (χ1v) is 17.9. The highest BCUT2D eigenvalue weighted by Gasteiger charge is 2.51. The van der Waals surface area contributed by atoms with Crippen molar-refractivity contribution < 1.29 is 85.3 Å². The van der Waals surface area contributed by atoms with E-state index in [1.165, 1.54) is 29.1 Å². The number of nitrogens with two attached hydrogens (primary N) is 2. The normalized spacial score (nSPS) is 30.3. The minimum atomic E-state index is -5.52. The lowest BCUT2D eigenvalue weighted by atomic mass is 10.1. The lowest BCUT2D eigenvalue weighted by molar-refractivity contribution is -0.765. The Kier molecular flexibility index (Phi) is 10.5. The smallest absolute Gasteiger partial charge is 0.387 e. The van der Waals surface area contributed by atoms with Gasteiger partial charge in [-0.2, -0.15) is 8.88 Å². The predicted octanol–water partition coefficient (Wildman–Crippen LogP) is -2.90. The maximum Gasteiger partial charge on any atom is 0.481 e. The number of ether oxygens (including phenoxy) is 2. The van der Waals surface area contributed by atoms with E-state index >= 15 is 0 Å². The van der Waals surface area contributed by atoms with Crippen molar-refractivity contribution in [3.63, 3.8) is 0 Å². The van der Waals surface area contributed by atoms with Crippen LogP contribution in [0.15, 0.2) is 37.2 Å². The molecule has 24 nitrogen and oxygen atoms in total. The number of aromatic nitrogens is 5. The van der Waals surface area contributed by atoms with Gasteiger partial charge in [0.15, 0.2) is 36.2 Å². The lowest BCUT2D eigenvalue weighted by Gasteiger charge is -2.22. The van der Waals surface area contributed by atoms with Crippen LogP contribution in [0.3, 0.4) is 0 Å². The second kappa shape index (κ2) is 13.8. The van der Waals surface area contributed by atoms with E-state index in [0.717, 1.165) is 17.2 Å². The number of aliphatic hydroxyl groups is 3. The van der Waals surface area contributed by atoms with Crippen molar-refractivity contribution in [3.05, 3.63) is 42.7 Å². The van der Waals surface area contributed by atoms with Crippen LogP contribution in [0.5, 0.6) is 0 Å². The van der Waals surface area contributed by atoms with Crippen molar-refractivity contribution in [2.24, 2.45) is 5.73 Å². The summed E-state index contributed by atoms with van der Waals surface area (Å²) in [5.74, 6) is -0.848. The third-order valence-corrected chi connectivity index (χ3v) is 10.1. The summed E-state index contributed by atoms with van der Waals surface area (Å²) in [4.78, 5) is 62.2. The van der Waals surface area contributed by atoms with Crippen LogP contribution in [-0.4, -0.2) is 110 Å². The van der Waals surface area contributed by atoms with Crippen LogP contribution in [0.25, 0.3) is 11.2 Å². The maximum atomic E-state index is 12.6. The molecule has 0 aromatic carbocycles. The Labute approximate surface area is 267 Å². The third kappa shape index (κ3) is 8.12. The topological polar surface area (TPSA) is 365 Å². The summed E-state index contributed by atoms with van der Waals surface area (Å²) < 4.78 is 68.4. The molecule has 0 aliphatic carbocycles. The zero-order valence-electron chi connectivity index (χ0n) is 23.9. The molecule has 0 bridgehead atoms. The molecule has 1 amide bonds. The molecule has 5 rings (SSSR count). The van der Waals surface area contributed by atoms with Crippen LogP contribution in [0, 0.1) is 0 Å². The first-order valence-electron chi connectivity index (χ1n) is 13.3. The summed E-state index contributed by atoms with van der Waals surface area (Å²) in [7, 11) is -16.3. The number of aliphatic hydroxyl groups excluding tert-OH is 3. The number of fused-ring (bicyclic) bond motifs is 1. The Morgan fingerprint density at radius 2 is 1.60 bits per heavy atom. The van der Waals surface area contributed by atoms with Gasteiger partial charge in [-0.1, -0.05) is 0 Å². The van der Waals surface area contributed by atoms with E-state index in [1.54, 1.807) is 0 Å². The van der Waals surface area contributed by atoms with Crippen LogP contribution in [-0.2, 0) is 41.1 Å². The average Bonchev–Trinajstić information content (AvgIpc) is 3.64. The molecular weight excluding hydrogens is 715 g/mol. The van der Waals surface area contributed by atoms with Crippen molar-refractivity contribution in [2.75, 3.05) is 18.9 Å². The van der Waals surface area contributed by atoms with Gasteiger partial charge in [0.1, 0.15) is 47.9 Å². The number of rotatable bonds is 13. The molecule has 0 saturated carbocycles. The number of hydrogen-bond acceptors (Lipinski definition) is 17. The first-order chi connectivity index (χ1) is 22.4. The van der Waals surface area contributed by atoms with Crippen molar-refractivity contribution >= 4 is 46.4 Å². The third-order valence-electron chi connectivity index (χ3n) is 6.98. The van der Waals surface area contributed by atoms with E-state index in [1.807, 2.05) is 0 Å². The number of nitrogens with zero attached hydrogens (tertiary/aromatic N) is 5. The summed E-state index contributed by atoms with van der Waals surface area (Å²) >= 11 is 0. The number of nitrogen functional groups attached to an aromatic ring is 1. The minimum absolute atomic E-state index is 0.00286. The largest absolute Gasteiger partial charge is 0.481 e. The van der Waals surface area contributed by atoms with Crippen LogP contribution in [0.2, 0.25) is 0 Å². The Bertz CT molecular complexity index is 1810. The number of anilines is 1. The summed E-state index contributed by atoms with van der Waals surface area (Å²) in [5, 5.41) is 31.5. The molecule has 2 fully saturated rings. The van der Waals surface area contributed by atoms with Gasteiger partial charge in [-0.25, -0.2) is 28.6 Å². The molecule has 0 radical (unpaired) electrons. The summed E-state index contributed by atoms with van der Waals surface area (Å²) in [6.07, 6.45) is -8.39.